The first-order valence-corrected chi connectivity index (χ1v) is 7.36. The highest BCUT2D eigenvalue weighted by Crippen LogP contribution is 2.10. The van der Waals surface area contributed by atoms with Gasteiger partial charge in [-0.15, -0.1) is 0 Å². The summed E-state index contributed by atoms with van der Waals surface area (Å²) in [6.45, 7) is 5.44. The Morgan fingerprint density at radius 1 is 1.06 bits per heavy atom. The van der Waals surface area contributed by atoms with Crippen molar-refractivity contribution in [2.24, 2.45) is 0 Å². The Balaban J connectivity index is 2.01. The van der Waals surface area contributed by atoms with Gasteiger partial charge in [-0.2, -0.15) is 11.8 Å². The van der Waals surface area contributed by atoms with Gasteiger partial charge in [0.2, 0.25) is 0 Å². The summed E-state index contributed by atoms with van der Waals surface area (Å²) in [5.41, 5.74) is 2.55. The third-order valence-corrected chi connectivity index (χ3v) is 3.59. The topological polar surface area (TPSA) is 12.0 Å². The molecule has 1 aromatic rings. The molecule has 0 unspecified atom stereocenters. The molecule has 0 aliphatic heterocycles. The molecule has 0 spiro atoms. The highest BCUT2D eigenvalue weighted by molar-refractivity contribution is 7.99. The van der Waals surface area contributed by atoms with Crippen molar-refractivity contribution in [1.82, 2.24) is 0 Å². The minimum Gasteiger partial charge on any atom is -0.384 e. The lowest BCUT2D eigenvalue weighted by atomic mass is 10.2. The fourth-order valence-electron chi connectivity index (χ4n) is 1.50. The van der Waals surface area contributed by atoms with E-state index in [9.17, 15) is 0 Å². The molecule has 90 valence electrons. The summed E-state index contributed by atoms with van der Waals surface area (Å²) in [7, 11) is 0. The van der Waals surface area contributed by atoms with Crippen molar-refractivity contribution in [3.05, 3.63) is 29.8 Å². The maximum absolute atomic E-state index is 3.44. The van der Waals surface area contributed by atoms with Gasteiger partial charge in [-0.05, 0) is 31.2 Å². The van der Waals surface area contributed by atoms with E-state index in [1.807, 2.05) is 0 Å². The summed E-state index contributed by atoms with van der Waals surface area (Å²) in [6.07, 6.45) is 4.06. The van der Waals surface area contributed by atoms with Crippen LogP contribution in [0.1, 0.15) is 31.7 Å². The Kier molecular flexibility index (Phi) is 7.15. The number of aryl methyl sites for hydroxylation is 1. The van der Waals surface area contributed by atoms with Crippen molar-refractivity contribution in [2.45, 2.75) is 33.1 Å². The first-order valence-electron chi connectivity index (χ1n) is 6.21. The van der Waals surface area contributed by atoms with Gasteiger partial charge in [-0.25, -0.2) is 0 Å². The number of unbranched alkanes of at least 4 members (excludes halogenated alkanes) is 2. The van der Waals surface area contributed by atoms with Crippen LogP contribution >= 0.6 is 11.8 Å². The van der Waals surface area contributed by atoms with Gasteiger partial charge in [0, 0.05) is 18.0 Å². The van der Waals surface area contributed by atoms with Gasteiger partial charge >= 0.3 is 0 Å². The first kappa shape index (κ1) is 13.4. The zero-order valence-corrected chi connectivity index (χ0v) is 11.3. The maximum Gasteiger partial charge on any atom is 0.0340 e. The number of rotatable bonds is 8. The molecule has 0 aromatic heterocycles. The quantitative estimate of drug-likeness (QED) is 0.675. The fraction of sp³-hybridized carbons (Fsp3) is 0.571. The van der Waals surface area contributed by atoms with Crippen LogP contribution in [0.5, 0.6) is 0 Å². The molecule has 2 heteroatoms. The van der Waals surface area contributed by atoms with Crippen LogP contribution in [0.15, 0.2) is 24.3 Å². The molecule has 16 heavy (non-hydrogen) atoms. The standard InChI is InChI=1S/C14H23NS/c1-3-4-5-11-16-12-10-15-14-8-6-13(2)7-9-14/h6-9,15H,3-5,10-12H2,1-2H3. The smallest absolute Gasteiger partial charge is 0.0340 e. The minimum atomic E-state index is 1.07. The van der Waals surface area contributed by atoms with Gasteiger partial charge in [-0.3, -0.25) is 0 Å². The fourth-order valence-corrected chi connectivity index (χ4v) is 2.35. The normalized spacial score (nSPS) is 10.4. The van der Waals surface area contributed by atoms with Crippen molar-refractivity contribution in [2.75, 3.05) is 23.4 Å². The van der Waals surface area contributed by atoms with E-state index >= 15 is 0 Å². The second-order valence-corrected chi connectivity index (χ2v) is 5.34. The molecule has 0 saturated carbocycles. The molecule has 0 aliphatic rings. The zero-order valence-electron chi connectivity index (χ0n) is 10.5. The molecule has 1 aromatic carbocycles. The number of hydrogen-bond donors (Lipinski definition) is 1. The number of hydrogen-bond acceptors (Lipinski definition) is 2. The van der Waals surface area contributed by atoms with Crippen molar-refractivity contribution < 1.29 is 0 Å². The van der Waals surface area contributed by atoms with Crippen LogP contribution in [0.25, 0.3) is 0 Å². The third-order valence-electron chi connectivity index (χ3n) is 2.52. The summed E-state index contributed by atoms with van der Waals surface area (Å²) >= 11 is 2.05. The van der Waals surface area contributed by atoms with Gasteiger partial charge in [0.25, 0.3) is 0 Å². The van der Waals surface area contributed by atoms with Crippen molar-refractivity contribution in [3.8, 4) is 0 Å². The SMILES string of the molecule is CCCCCSCCNc1ccc(C)cc1. The van der Waals surface area contributed by atoms with Crippen molar-refractivity contribution in [3.63, 3.8) is 0 Å². The van der Waals surface area contributed by atoms with Gasteiger partial charge in [0.05, 0.1) is 0 Å². The summed E-state index contributed by atoms with van der Waals surface area (Å²) < 4.78 is 0. The number of anilines is 1. The van der Waals surface area contributed by atoms with Crippen LogP contribution in [0.3, 0.4) is 0 Å². The van der Waals surface area contributed by atoms with E-state index in [0.29, 0.717) is 0 Å². The average molecular weight is 237 g/mol. The van der Waals surface area contributed by atoms with Crippen molar-refractivity contribution >= 4 is 17.4 Å². The molecular weight excluding hydrogens is 214 g/mol. The highest BCUT2D eigenvalue weighted by atomic mass is 32.2. The van der Waals surface area contributed by atoms with Crippen LogP contribution in [0.4, 0.5) is 5.69 Å². The van der Waals surface area contributed by atoms with Gasteiger partial charge in [0.15, 0.2) is 0 Å². The minimum absolute atomic E-state index is 1.07. The molecule has 0 atom stereocenters. The largest absolute Gasteiger partial charge is 0.384 e. The second kappa shape index (κ2) is 8.51. The summed E-state index contributed by atoms with van der Waals surface area (Å²) in [5, 5.41) is 3.44. The van der Waals surface area contributed by atoms with E-state index in [0.717, 1.165) is 6.54 Å². The van der Waals surface area contributed by atoms with Crippen LogP contribution < -0.4 is 5.32 Å². The van der Waals surface area contributed by atoms with E-state index in [4.69, 9.17) is 0 Å². The Bertz CT molecular complexity index is 269. The van der Waals surface area contributed by atoms with E-state index in [2.05, 4.69) is 55.2 Å². The molecule has 0 radical (unpaired) electrons. The number of benzene rings is 1. The Morgan fingerprint density at radius 2 is 1.81 bits per heavy atom. The van der Waals surface area contributed by atoms with Gasteiger partial charge in [-0.1, -0.05) is 37.5 Å². The van der Waals surface area contributed by atoms with E-state index < -0.39 is 0 Å². The first-order chi connectivity index (χ1) is 7.83. The monoisotopic (exact) mass is 237 g/mol. The molecule has 0 heterocycles. The molecule has 0 saturated heterocycles. The van der Waals surface area contributed by atoms with E-state index in [1.165, 1.54) is 42.0 Å². The predicted octanol–water partition coefficient (Wildman–Crippen LogP) is 4.33. The van der Waals surface area contributed by atoms with Crippen LogP contribution in [0, 0.1) is 6.92 Å². The van der Waals surface area contributed by atoms with Gasteiger partial charge in [0.1, 0.15) is 0 Å². The molecule has 0 aliphatic carbocycles. The van der Waals surface area contributed by atoms with Crippen LogP contribution in [-0.4, -0.2) is 18.1 Å². The molecule has 1 rings (SSSR count). The number of thioether (sulfide) groups is 1. The summed E-state index contributed by atoms with van der Waals surface area (Å²) in [6, 6.07) is 8.60. The lowest BCUT2D eigenvalue weighted by Crippen LogP contribution is -2.04. The Labute approximate surface area is 104 Å². The number of nitrogens with one attached hydrogen (secondary N) is 1. The molecule has 1 N–H and O–H groups in total. The molecule has 1 nitrogen and oxygen atoms in total. The lowest BCUT2D eigenvalue weighted by Gasteiger charge is -2.06. The Hall–Kier alpha value is -0.630. The van der Waals surface area contributed by atoms with E-state index in [-0.39, 0.29) is 0 Å². The lowest BCUT2D eigenvalue weighted by molar-refractivity contribution is 0.778. The molecular formula is C14H23NS. The van der Waals surface area contributed by atoms with Crippen LogP contribution in [0.2, 0.25) is 0 Å². The summed E-state index contributed by atoms with van der Waals surface area (Å²) in [4.78, 5) is 0. The van der Waals surface area contributed by atoms with Crippen molar-refractivity contribution in [1.29, 1.82) is 0 Å². The maximum atomic E-state index is 3.44. The molecule has 0 amide bonds. The third kappa shape index (κ3) is 6.06. The Morgan fingerprint density at radius 3 is 2.50 bits per heavy atom. The van der Waals surface area contributed by atoms with Crippen LogP contribution in [-0.2, 0) is 0 Å². The summed E-state index contributed by atoms with van der Waals surface area (Å²) in [5.74, 6) is 2.51. The molecule has 0 bridgehead atoms. The predicted molar refractivity (Wildman–Crippen MR) is 76.5 cm³/mol. The van der Waals surface area contributed by atoms with Gasteiger partial charge < -0.3 is 5.32 Å². The highest BCUT2D eigenvalue weighted by Gasteiger charge is 1.92. The van der Waals surface area contributed by atoms with E-state index in [1.54, 1.807) is 0 Å². The zero-order chi connectivity index (χ0) is 11.6. The second-order valence-electron chi connectivity index (χ2n) is 4.11. The average Bonchev–Trinajstić information content (AvgIpc) is 2.30. The molecule has 0 fully saturated rings.